The number of ketones is 1. The molecule has 6 rings (SSSR count). The van der Waals surface area contributed by atoms with E-state index in [-0.39, 0.29) is 44.5 Å². The molecule has 0 radical (unpaired) electrons. The van der Waals surface area contributed by atoms with Crippen LogP contribution in [0.5, 0.6) is 23.0 Å². The first-order chi connectivity index (χ1) is 26.8. The number of hydrogen-bond acceptors (Lipinski definition) is 14. The summed E-state index contributed by atoms with van der Waals surface area (Å²) in [6.45, 7) is 13.8. The molecule has 2 aromatic carbocycles. The van der Waals surface area contributed by atoms with Gasteiger partial charge in [-0.2, -0.15) is 5.10 Å². The van der Waals surface area contributed by atoms with Crippen LogP contribution in [-0.4, -0.2) is 105 Å². The van der Waals surface area contributed by atoms with Crippen molar-refractivity contribution in [2.45, 2.75) is 98.4 Å². The fourth-order valence-electron chi connectivity index (χ4n) is 7.83. The number of aromatic hydroxyl groups is 3. The van der Waals surface area contributed by atoms with Crippen molar-refractivity contribution in [3.8, 4) is 23.0 Å². The van der Waals surface area contributed by atoms with E-state index in [2.05, 4.69) is 10.4 Å². The largest absolute Gasteiger partial charge is 0.507 e. The Hall–Kier alpha value is -5.12. The van der Waals surface area contributed by atoms with Gasteiger partial charge in [-0.1, -0.05) is 45.9 Å². The number of aliphatic hydroxyl groups excluding tert-OH is 2. The van der Waals surface area contributed by atoms with Crippen LogP contribution in [0.2, 0.25) is 0 Å². The van der Waals surface area contributed by atoms with Crippen molar-refractivity contribution in [1.29, 1.82) is 0 Å². The lowest BCUT2D eigenvalue weighted by Gasteiger charge is -2.38. The van der Waals surface area contributed by atoms with Crippen LogP contribution in [0.4, 0.5) is 5.69 Å². The fourth-order valence-corrected chi connectivity index (χ4v) is 7.83. The zero-order chi connectivity index (χ0) is 42.1. The molecule has 0 saturated carbocycles. The predicted molar refractivity (Wildman–Crippen MR) is 212 cm³/mol. The smallest absolute Gasteiger partial charge is 0.312 e. The molecule has 6 N–H and O–H groups in total. The van der Waals surface area contributed by atoms with Gasteiger partial charge in [0.25, 0.3) is 11.7 Å². The molecule has 4 aliphatic heterocycles. The Balaban J connectivity index is 1.71. The van der Waals surface area contributed by atoms with Crippen molar-refractivity contribution in [3.05, 3.63) is 52.8 Å². The maximum absolute atomic E-state index is 14.4. The number of anilines is 1. The summed E-state index contributed by atoms with van der Waals surface area (Å²) >= 11 is 0. The van der Waals surface area contributed by atoms with Gasteiger partial charge in [0.2, 0.25) is 0 Å². The predicted octanol–water partition coefficient (Wildman–Crippen LogP) is 5.18. The van der Waals surface area contributed by atoms with Gasteiger partial charge in [0.05, 0.1) is 53.0 Å². The van der Waals surface area contributed by atoms with Gasteiger partial charge in [-0.15, -0.1) is 0 Å². The zero-order valence-electron chi connectivity index (χ0n) is 33.9. The second-order valence-electron chi connectivity index (χ2n) is 15.5. The van der Waals surface area contributed by atoms with Gasteiger partial charge >= 0.3 is 11.8 Å². The van der Waals surface area contributed by atoms with E-state index >= 15 is 0 Å². The molecule has 310 valence electrons. The summed E-state index contributed by atoms with van der Waals surface area (Å²) in [7, 11) is 1.44. The van der Waals surface area contributed by atoms with Crippen molar-refractivity contribution < 1.29 is 58.9 Å². The molecular weight excluding hydrogens is 738 g/mol. The van der Waals surface area contributed by atoms with Gasteiger partial charge in [0.1, 0.15) is 23.4 Å². The minimum Gasteiger partial charge on any atom is -0.507 e. The molecule has 9 unspecified atom stereocenters. The first kappa shape index (κ1) is 43.0. The lowest BCUT2D eigenvalue weighted by Crippen LogP contribution is -2.46. The molecule has 57 heavy (non-hydrogen) atoms. The second kappa shape index (κ2) is 17.2. The first-order valence-corrected chi connectivity index (χ1v) is 19.2. The van der Waals surface area contributed by atoms with Crippen LogP contribution in [0.3, 0.4) is 0 Å². The van der Waals surface area contributed by atoms with Crippen molar-refractivity contribution in [3.63, 3.8) is 0 Å². The van der Waals surface area contributed by atoms with Crippen LogP contribution in [0, 0.1) is 30.6 Å². The fraction of sp³-hybridized carbons (Fsp3) is 0.524. The third-order valence-electron chi connectivity index (χ3n) is 11.5. The van der Waals surface area contributed by atoms with Crippen LogP contribution in [-0.2, 0) is 23.8 Å². The quantitative estimate of drug-likeness (QED) is 0.102. The molecular formula is C42H55N3O12. The number of amides is 1. The Labute approximate surface area is 332 Å². The molecule has 1 fully saturated rings. The van der Waals surface area contributed by atoms with E-state index in [9.17, 15) is 39.9 Å². The topological polar surface area (TPSA) is 217 Å². The number of esters is 1. The number of ether oxygens (including phenoxy) is 4. The lowest BCUT2D eigenvalue weighted by atomic mass is 9.78. The normalized spacial score (nSPS) is 30.2. The highest BCUT2D eigenvalue weighted by molar-refractivity contribution is 6.23. The molecule has 1 amide bonds. The highest BCUT2D eigenvalue weighted by Crippen LogP contribution is 2.55. The molecule has 15 nitrogen and oxygen atoms in total. The summed E-state index contributed by atoms with van der Waals surface area (Å²) in [5.41, 5.74) is -0.313. The number of hydrazone groups is 1. The zero-order valence-corrected chi connectivity index (χ0v) is 33.9. The minimum absolute atomic E-state index is 0.0602. The van der Waals surface area contributed by atoms with Gasteiger partial charge in [-0.25, -0.2) is 0 Å². The van der Waals surface area contributed by atoms with Crippen LogP contribution in [0.15, 0.2) is 41.2 Å². The molecule has 4 heterocycles. The van der Waals surface area contributed by atoms with Gasteiger partial charge in [-0.3, -0.25) is 19.4 Å². The van der Waals surface area contributed by atoms with Gasteiger partial charge in [-0.05, 0) is 32.8 Å². The number of phenolic OH excluding ortho intramolecular Hbond substituents is 3. The van der Waals surface area contributed by atoms with Gasteiger partial charge in [0.15, 0.2) is 5.75 Å². The van der Waals surface area contributed by atoms with Crippen LogP contribution < -0.4 is 10.1 Å². The summed E-state index contributed by atoms with van der Waals surface area (Å²) < 4.78 is 23.5. The summed E-state index contributed by atoms with van der Waals surface area (Å²) in [6.07, 6.45) is 6.68. The highest BCUT2D eigenvalue weighted by Gasteiger charge is 2.50. The summed E-state index contributed by atoms with van der Waals surface area (Å²) in [5, 5.41) is 66.5. The third-order valence-corrected chi connectivity index (χ3v) is 11.5. The lowest BCUT2D eigenvalue weighted by molar-refractivity contribution is -0.160. The Kier molecular flexibility index (Phi) is 13.0. The van der Waals surface area contributed by atoms with E-state index in [1.807, 2.05) is 0 Å². The number of Topliss-reactive ketones (excluding diaryl/α,β-unsaturated/α-hetero) is 1. The van der Waals surface area contributed by atoms with Crippen LogP contribution in [0.1, 0.15) is 82.8 Å². The molecule has 0 aliphatic carbocycles. The summed E-state index contributed by atoms with van der Waals surface area (Å²) in [5.74, 6) is -8.28. The number of hydrogen-bond donors (Lipinski definition) is 6. The van der Waals surface area contributed by atoms with E-state index in [4.69, 9.17) is 18.9 Å². The monoisotopic (exact) mass is 793 g/mol. The van der Waals surface area contributed by atoms with Crippen molar-refractivity contribution in [2.75, 3.05) is 25.5 Å². The van der Waals surface area contributed by atoms with Crippen molar-refractivity contribution in [1.82, 2.24) is 5.01 Å². The molecule has 1 saturated heterocycles. The number of rotatable bonds is 4. The number of phenols is 3. The van der Waals surface area contributed by atoms with Crippen molar-refractivity contribution >= 4 is 40.3 Å². The third kappa shape index (κ3) is 8.32. The van der Waals surface area contributed by atoms with E-state index in [0.29, 0.717) is 13.1 Å². The highest BCUT2D eigenvalue weighted by atomic mass is 16.7. The molecule has 15 heteroatoms. The Morgan fingerprint density at radius 3 is 2.26 bits per heavy atom. The molecule has 2 aromatic rings. The number of aliphatic hydroxyl groups is 2. The average Bonchev–Trinajstić information content (AvgIpc) is 3.79. The number of benzene rings is 2. The minimum atomic E-state index is -2.03. The molecule has 4 aliphatic rings. The molecule has 0 spiro atoms. The molecule has 0 aromatic heterocycles. The van der Waals surface area contributed by atoms with Gasteiger partial charge in [0, 0.05) is 74.2 Å². The number of methoxy groups -OCH3 is 1. The molecule has 5 bridgehead atoms. The van der Waals surface area contributed by atoms with E-state index < -0.39 is 88.8 Å². The van der Waals surface area contributed by atoms with E-state index in [0.717, 1.165) is 12.8 Å². The Morgan fingerprint density at radius 1 is 0.965 bits per heavy atom. The Bertz CT molecular complexity index is 2020. The summed E-state index contributed by atoms with van der Waals surface area (Å²) in [4.78, 5) is 40.3. The van der Waals surface area contributed by atoms with Gasteiger partial charge < -0.3 is 49.8 Å². The van der Waals surface area contributed by atoms with E-state index in [1.54, 1.807) is 44.9 Å². The second-order valence-corrected chi connectivity index (χ2v) is 15.5. The SMILES string of the molecule is COC1C=COC2(C)Oc3c(C)c(O)c4c(O)c(c(/C=N/N5CCCC5)c(O)c4c3C2=O)NC(=O)C(C)=CC=CC(C)C(O)C(C)C(O)C(C)C(OC(C)=O)C1C. The Morgan fingerprint density at radius 2 is 1.63 bits per heavy atom. The molecule has 9 atom stereocenters. The maximum Gasteiger partial charge on any atom is 0.312 e. The summed E-state index contributed by atoms with van der Waals surface area (Å²) in [6, 6.07) is 0. The standard InChI is InChI=1S/C42H55N3O12/c1-20-13-12-14-21(2)41(53)44-32-27(19-43-45-16-10-11-17-45)36(50)29-30(37(32)51)35(49)25(6)39-31(29)40(52)42(8,57-39)55-18-15-28(54-9)22(3)38(56-26(7)46)24(5)34(48)23(4)33(20)47/h12-15,18-20,22-24,28,33-34,38,47-51H,10-11,16-17H2,1-9H3,(H,44,53)/b13-12?,18-15?,21-14?,43-19+. The van der Waals surface area contributed by atoms with Crippen LogP contribution in [0.25, 0.3) is 10.8 Å². The van der Waals surface area contributed by atoms with Crippen LogP contribution >= 0.6 is 0 Å². The number of nitrogens with one attached hydrogen (secondary N) is 1. The van der Waals surface area contributed by atoms with E-state index in [1.165, 1.54) is 59.4 Å². The first-order valence-electron chi connectivity index (χ1n) is 19.2. The number of fused-ring (bicyclic) bond motifs is 14. The maximum atomic E-state index is 14.4. The average molecular weight is 794 g/mol. The number of carbonyl (C=O) groups excluding carboxylic acids is 3. The number of allylic oxidation sites excluding steroid dienone is 2. The van der Waals surface area contributed by atoms with Crippen molar-refractivity contribution in [2.24, 2.45) is 28.8 Å². The number of nitrogens with zero attached hydrogens (tertiary/aromatic N) is 2. The number of carbonyl (C=O) groups is 3.